The van der Waals surface area contributed by atoms with Gasteiger partial charge < -0.3 is 15.2 Å². The van der Waals surface area contributed by atoms with Gasteiger partial charge in [0.25, 0.3) is 0 Å². The molecule has 0 saturated carbocycles. The molecule has 1 aromatic rings. The van der Waals surface area contributed by atoms with E-state index in [0.717, 1.165) is 23.2 Å². The average molecular weight is 286 g/mol. The van der Waals surface area contributed by atoms with Crippen LogP contribution in [0.25, 0.3) is 0 Å². The molecular formula is C12H16BrNO2. The smallest absolute Gasteiger partial charge is 0.0806 e. The fourth-order valence-corrected chi connectivity index (χ4v) is 2.31. The number of hydrogen-bond acceptors (Lipinski definition) is 3. The van der Waals surface area contributed by atoms with E-state index < -0.39 is 6.10 Å². The van der Waals surface area contributed by atoms with Gasteiger partial charge in [-0.25, -0.2) is 0 Å². The summed E-state index contributed by atoms with van der Waals surface area (Å²) in [7, 11) is 0. The Bertz CT molecular complexity index is 340. The molecular weight excluding hydrogens is 270 g/mol. The molecule has 2 atom stereocenters. The van der Waals surface area contributed by atoms with E-state index in [-0.39, 0.29) is 6.04 Å². The molecule has 1 saturated heterocycles. The van der Waals surface area contributed by atoms with Crippen LogP contribution in [-0.2, 0) is 4.74 Å². The zero-order valence-corrected chi connectivity index (χ0v) is 10.6. The van der Waals surface area contributed by atoms with Crippen LogP contribution < -0.4 is 5.32 Å². The highest BCUT2D eigenvalue weighted by Crippen LogP contribution is 2.22. The quantitative estimate of drug-likeness (QED) is 0.891. The monoisotopic (exact) mass is 285 g/mol. The maximum Gasteiger partial charge on any atom is 0.0806 e. The second-order valence-corrected chi connectivity index (χ2v) is 4.95. The summed E-state index contributed by atoms with van der Waals surface area (Å²) in [5.74, 6) is 0. The molecule has 1 aliphatic rings. The Labute approximate surface area is 104 Å². The van der Waals surface area contributed by atoms with Crippen molar-refractivity contribution in [2.75, 3.05) is 19.8 Å². The summed E-state index contributed by atoms with van der Waals surface area (Å²) in [4.78, 5) is 0. The summed E-state index contributed by atoms with van der Waals surface area (Å²) in [5.41, 5.74) is 0.946. The van der Waals surface area contributed by atoms with Crippen molar-refractivity contribution in [2.24, 2.45) is 0 Å². The lowest BCUT2D eigenvalue weighted by atomic mass is 10.0. The third-order valence-electron chi connectivity index (χ3n) is 2.74. The maximum atomic E-state index is 10.1. The molecule has 1 heterocycles. The van der Waals surface area contributed by atoms with Gasteiger partial charge in [-0.3, -0.25) is 0 Å². The lowest BCUT2D eigenvalue weighted by molar-refractivity contribution is 0.0519. The summed E-state index contributed by atoms with van der Waals surface area (Å²) >= 11 is 3.40. The van der Waals surface area contributed by atoms with Crippen molar-refractivity contribution in [2.45, 2.75) is 18.6 Å². The van der Waals surface area contributed by atoms with Crippen molar-refractivity contribution in [3.63, 3.8) is 0 Å². The van der Waals surface area contributed by atoms with E-state index >= 15 is 0 Å². The topological polar surface area (TPSA) is 41.5 Å². The van der Waals surface area contributed by atoms with Crippen LogP contribution in [0.2, 0.25) is 0 Å². The first kappa shape index (κ1) is 12.0. The first-order valence-corrected chi connectivity index (χ1v) is 6.29. The molecule has 0 amide bonds. The van der Waals surface area contributed by atoms with Crippen molar-refractivity contribution < 1.29 is 9.84 Å². The Morgan fingerprint density at radius 1 is 1.56 bits per heavy atom. The van der Waals surface area contributed by atoms with Gasteiger partial charge in [0.15, 0.2) is 0 Å². The number of ether oxygens (including phenoxy) is 1. The van der Waals surface area contributed by atoms with Gasteiger partial charge in [-0.1, -0.05) is 28.1 Å². The average Bonchev–Trinajstić information content (AvgIpc) is 2.30. The normalized spacial score (nSPS) is 23.0. The molecule has 1 fully saturated rings. The zero-order chi connectivity index (χ0) is 11.4. The molecule has 3 nitrogen and oxygen atoms in total. The minimum atomic E-state index is -0.434. The fraction of sp³-hybridized carbons (Fsp3) is 0.500. The summed E-state index contributed by atoms with van der Waals surface area (Å²) in [6.07, 6.45) is 0.257. The third-order valence-corrected chi connectivity index (χ3v) is 3.23. The number of aliphatic hydroxyl groups is 1. The summed E-state index contributed by atoms with van der Waals surface area (Å²) < 4.78 is 6.36. The first-order valence-electron chi connectivity index (χ1n) is 5.50. The van der Waals surface area contributed by atoms with Crippen LogP contribution in [0.5, 0.6) is 0 Å². The highest BCUT2D eigenvalue weighted by Gasteiger charge is 2.18. The van der Waals surface area contributed by atoms with Gasteiger partial charge in [0.2, 0.25) is 0 Å². The Kier molecular flexibility index (Phi) is 4.35. The number of hydrogen-bond donors (Lipinski definition) is 2. The second kappa shape index (κ2) is 5.77. The minimum absolute atomic E-state index is 0.253. The van der Waals surface area contributed by atoms with Crippen molar-refractivity contribution in [1.29, 1.82) is 0 Å². The lowest BCUT2D eigenvalue weighted by Crippen LogP contribution is -2.42. The van der Waals surface area contributed by atoms with Crippen LogP contribution in [-0.4, -0.2) is 30.9 Å². The zero-order valence-electron chi connectivity index (χ0n) is 9.03. The molecule has 0 aromatic heterocycles. The van der Waals surface area contributed by atoms with Gasteiger partial charge in [-0.05, 0) is 24.1 Å². The van der Waals surface area contributed by atoms with Crippen molar-refractivity contribution in [3.05, 3.63) is 34.3 Å². The Hall–Kier alpha value is -0.420. The molecule has 0 aliphatic carbocycles. The van der Waals surface area contributed by atoms with E-state index in [1.807, 2.05) is 24.3 Å². The largest absolute Gasteiger partial charge is 0.388 e. The van der Waals surface area contributed by atoms with Gasteiger partial charge in [-0.15, -0.1) is 0 Å². The standard InChI is InChI=1S/C12H16BrNO2/c13-10-3-1-2-9(6-10)12(15)7-11-8-16-5-4-14-11/h1-3,6,11-12,14-15H,4-5,7-8H2. The summed E-state index contributed by atoms with van der Waals surface area (Å²) in [6.45, 7) is 2.32. The lowest BCUT2D eigenvalue weighted by Gasteiger charge is -2.26. The van der Waals surface area contributed by atoms with Crippen LogP contribution in [0.1, 0.15) is 18.1 Å². The highest BCUT2D eigenvalue weighted by molar-refractivity contribution is 9.10. The third kappa shape index (κ3) is 3.28. The predicted octanol–water partition coefficient (Wildman–Crippen LogP) is 1.86. The molecule has 0 radical (unpaired) electrons. The van der Waals surface area contributed by atoms with Crippen LogP contribution >= 0.6 is 15.9 Å². The number of benzene rings is 1. The van der Waals surface area contributed by atoms with Gasteiger partial charge in [0.05, 0.1) is 19.3 Å². The van der Waals surface area contributed by atoms with Crippen LogP contribution in [0, 0.1) is 0 Å². The molecule has 2 unspecified atom stereocenters. The molecule has 1 aromatic carbocycles. The number of rotatable bonds is 3. The van der Waals surface area contributed by atoms with Crippen molar-refractivity contribution >= 4 is 15.9 Å². The van der Waals surface area contributed by atoms with E-state index in [0.29, 0.717) is 13.0 Å². The van der Waals surface area contributed by atoms with E-state index in [4.69, 9.17) is 4.74 Å². The fourth-order valence-electron chi connectivity index (χ4n) is 1.89. The highest BCUT2D eigenvalue weighted by atomic mass is 79.9. The van der Waals surface area contributed by atoms with E-state index in [9.17, 15) is 5.11 Å². The molecule has 0 spiro atoms. The Morgan fingerprint density at radius 3 is 3.12 bits per heavy atom. The number of morpholine rings is 1. The molecule has 1 aliphatic heterocycles. The second-order valence-electron chi connectivity index (χ2n) is 4.03. The molecule has 0 bridgehead atoms. The predicted molar refractivity (Wildman–Crippen MR) is 66.3 cm³/mol. The Morgan fingerprint density at radius 2 is 2.44 bits per heavy atom. The molecule has 16 heavy (non-hydrogen) atoms. The number of halogens is 1. The van der Waals surface area contributed by atoms with Gasteiger partial charge in [-0.2, -0.15) is 0 Å². The maximum absolute atomic E-state index is 10.1. The van der Waals surface area contributed by atoms with Gasteiger partial charge in [0, 0.05) is 17.1 Å². The van der Waals surface area contributed by atoms with Crippen LogP contribution in [0.3, 0.4) is 0 Å². The van der Waals surface area contributed by atoms with E-state index in [1.54, 1.807) is 0 Å². The first-order chi connectivity index (χ1) is 7.75. The number of aliphatic hydroxyl groups excluding tert-OH is 1. The summed E-state index contributed by atoms with van der Waals surface area (Å²) in [5, 5.41) is 13.4. The molecule has 88 valence electrons. The molecule has 2 N–H and O–H groups in total. The molecule has 4 heteroatoms. The van der Waals surface area contributed by atoms with Gasteiger partial charge in [0.1, 0.15) is 0 Å². The van der Waals surface area contributed by atoms with Gasteiger partial charge >= 0.3 is 0 Å². The van der Waals surface area contributed by atoms with Crippen molar-refractivity contribution in [3.8, 4) is 0 Å². The van der Waals surface area contributed by atoms with Crippen LogP contribution in [0.4, 0.5) is 0 Å². The SMILES string of the molecule is OC(CC1COCCN1)c1cccc(Br)c1. The van der Waals surface area contributed by atoms with E-state index in [1.165, 1.54) is 0 Å². The Balaban J connectivity index is 1.94. The van der Waals surface area contributed by atoms with E-state index in [2.05, 4.69) is 21.2 Å². The van der Waals surface area contributed by atoms with Crippen LogP contribution in [0.15, 0.2) is 28.7 Å². The van der Waals surface area contributed by atoms with Crippen molar-refractivity contribution in [1.82, 2.24) is 5.32 Å². The molecule has 2 rings (SSSR count). The summed E-state index contributed by atoms with van der Waals surface area (Å²) in [6, 6.07) is 8.04. The number of nitrogens with one attached hydrogen (secondary N) is 1. The minimum Gasteiger partial charge on any atom is -0.388 e.